The minimum absolute atomic E-state index is 0.127. The molecule has 1 aromatic carbocycles. The Morgan fingerprint density at radius 3 is 2.50 bits per heavy atom. The zero-order valence-corrected chi connectivity index (χ0v) is 17.3. The van der Waals surface area contributed by atoms with Crippen molar-refractivity contribution in [1.82, 2.24) is 19.7 Å². The van der Waals surface area contributed by atoms with E-state index in [4.69, 9.17) is 5.10 Å². The van der Waals surface area contributed by atoms with Crippen LogP contribution in [0.5, 0.6) is 0 Å². The topological polar surface area (TPSA) is 53.9 Å². The summed E-state index contributed by atoms with van der Waals surface area (Å²) in [5, 5.41) is 6.06. The number of aromatic nitrogens is 3. The highest BCUT2D eigenvalue weighted by atomic mass is 16.2. The van der Waals surface area contributed by atoms with Crippen LogP contribution in [0.25, 0.3) is 10.9 Å². The highest BCUT2D eigenvalue weighted by Gasteiger charge is 2.27. The van der Waals surface area contributed by atoms with Crippen molar-refractivity contribution in [2.24, 2.45) is 0 Å². The monoisotopic (exact) mass is 378 g/mol. The average molecular weight is 379 g/mol. The van der Waals surface area contributed by atoms with E-state index in [2.05, 4.69) is 43.4 Å². The molecule has 2 aromatic heterocycles. The summed E-state index contributed by atoms with van der Waals surface area (Å²) < 4.78 is 2.24. The predicted octanol–water partition coefficient (Wildman–Crippen LogP) is 5.09. The molecule has 1 aliphatic heterocycles. The molecule has 0 saturated carbocycles. The molecule has 1 N–H and O–H groups in total. The number of nitrogens with one attached hydrogen (secondary N) is 1. The summed E-state index contributed by atoms with van der Waals surface area (Å²) in [4.78, 5) is 18.1. The lowest BCUT2D eigenvalue weighted by molar-refractivity contribution is 0.0688. The van der Waals surface area contributed by atoms with Gasteiger partial charge in [-0.05, 0) is 54.3 Å². The second kappa shape index (κ2) is 7.46. The second-order valence-corrected chi connectivity index (χ2v) is 8.55. The number of carbonyl (C=O) groups is 1. The molecule has 1 fully saturated rings. The Morgan fingerprint density at radius 1 is 1.07 bits per heavy atom. The first-order valence-corrected chi connectivity index (χ1v) is 10.4. The molecule has 28 heavy (non-hydrogen) atoms. The van der Waals surface area contributed by atoms with Gasteiger partial charge in [-0.25, -0.2) is 0 Å². The van der Waals surface area contributed by atoms with E-state index in [0.717, 1.165) is 42.4 Å². The quantitative estimate of drug-likeness (QED) is 0.687. The number of benzene rings is 1. The fourth-order valence-corrected chi connectivity index (χ4v) is 4.11. The van der Waals surface area contributed by atoms with Crippen molar-refractivity contribution < 1.29 is 4.79 Å². The standard InChI is InChI=1S/C23H30N4O/c1-15(2)20-14-22(16(3)4)27(25-20)19-8-11-26(12-9-19)23(28)18-6-5-17-7-10-24-21(17)13-18/h5-7,10,13-16,19,24H,8-9,11-12H2,1-4H3. The van der Waals surface area contributed by atoms with Gasteiger partial charge in [0.05, 0.1) is 11.7 Å². The summed E-state index contributed by atoms with van der Waals surface area (Å²) in [7, 11) is 0. The molecule has 3 heterocycles. The molecule has 1 amide bonds. The van der Waals surface area contributed by atoms with Crippen LogP contribution in [0.15, 0.2) is 36.5 Å². The molecule has 1 aliphatic rings. The van der Waals surface area contributed by atoms with Gasteiger partial charge in [0.25, 0.3) is 5.91 Å². The zero-order valence-electron chi connectivity index (χ0n) is 17.3. The molecular weight excluding hydrogens is 348 g/mol. The SMILES string of the molecule is CC(C)c1cc(C(C)C)n(C2CCN(C(=O)c3ccc4cc[nH]c4c3)CC2)n1. The maximum absolute atomic E-state index is 13.0. The number of hydrogen-bond donors (Lipinski definition) is 1. The van der Waals surface area contributed by atoms with E-state index in [0.29, 0.717) is 17.9 Å². The summed E-state index contributed by atoms with van der Waals surface area (Å²) >= 11 is 0. The number of fused-ring (bicyclic) bond motifs is 1. The number of carbonyl (C=O) groups excluding carboxylic acids is 1. The van der Waals surface area contributed by atoms with Crippen molar-refractivity contribution in [2.45, 2.75) is 58.4 Å². The number of amides is 1. The van der Waals surface area contributed by atoms with Crippen LogP contribution in [0.1, 0.15) is 80.2 Å². The number of piperidine rings is 1. The van der Waals surface area contributed by atoms with Crippen molar-refractivity contribution in [3.05, 3.63) is 53.5 Å². The number of likely N-dealkylation sites (tertiary alicyclic amines) is 1. The molecule has 0 unspecified atom stereocenters. The lowest BCUT2D eigenvalue weighted by Crippen LogP contribution is -2.39. The Balaban J connectivity index is 1.48. The summed E-state index contributed by atoms with van der Waals surface area (Å²) in [5.74, 6) is 1.01. The van der Waals surface area contributed by atoms with Crippen molar-refractivity contribution in [3.8, 4) is 0 Å². The van der Waals surface area contributed by atoms with E-state index in [1.165, 1.54) is 11.4 Å². The van der Waals surface area contributed by atoms with Gasteiger partial charge in [0.15, 0.2) is 0 Å². The first-order valence-electron chi connectivity index (χ1n) is 10.4. The Kier molecular flexibility index (Phi) is 5.00. The average Bonchev–Trinajstić information content (AvgIpc) is 3.34. The highest BCUT2D eigenvalue weighted by molar-refractivity contribution is 5.98. The highest BCUT2D eigenvalue weighted by Crippen LogP contribution is 2.30. The third-order valence-electron chi connectivity index (χ3n) is 5.87. The number of H-pyrrole nitrogens is 1. The number of aromatic amines is 1. The van der Waals surface area contributed by atoms with E-state index in [1.54, 1.807) is 0 Å². The maximum atomic E-state index is 13.0. The largest absolute Gasteiger partial charge is 0.361 e. The smallest absolute Gasteiger partial charge is 0.253 e. The van der Waals surface area contributed by atoms with Crippen LogP contribution in [-0.4, -0.2) is 38.7 Å². The van der Waals surface area contributed by atoms with Crippen molar-refractivity contribution >= 4 is 16.8 Å². The molecular formula is C23H30N4O. The van der Waals surface area contributed by atoms with Gasteiger partial charge in [-0.2, -0.15) is 5.10 Å². The van der Waals surface area contributed by atoms with Crippen molar-refractivity contribution in [1.29, 1.82) is 0 Å². The van der Waals surface area contributed by atoms with Crippen LogP contribution in [0, 0.1) is 0 Å². The normalized spacial score (nSPS) is 15.9. The van der Waals surface area contributed by atoms with Gasteiger partial charge in [-0.15, -0.1) is 0 Å². The van der Waals surface area contributed by atoms with Gasteiger partial charge >= 0.3 is 0 Å². The molecule has 0 aliphatic carbocycles. The Labute approximate surface area is 166 Å². The summed E-state index contributed by atoms with van der Waals surface area (Å²) in [6.07, 6.45) is 3.82. The van der Waals surface area contributed by atoms with Crippen LogP contribution < -0.4 is 0 Å². The molecule has 4 rings (SSSR count). The number of hydrogen-bond acceptors (Lipinski definition) is 2. The fourth-order valence-electron chi connectivity index (χ4n) is 4.11. The molecule has 0 atom stereocenters. The van der Waals surface area contributed by atoms with Crippen LogP contribution in [0.3, 0.4) is 0 Å². The van der Waals surface area contributed by atoms with Crippen molar-refractivity contribution in [2.75, 3.05) is 13.1 Å². The lowest BCUT2D eigenvalue weighted by atomic mass is 10.0. The van der Waals surface area contributed by atoms with Gasteiger partial charge < -0.3 is 9.88 Å². The molecule has 0 spiro atoms. The van der Waals surface area contributed by atoms with Gasteiger partial charge in [0.1, 0.15) is 0 Å². The number of rotatable bonds is 4. The Bertz CT molecular complexity index is 974. The molecule has 0 radical (unpaired) electrons. The van der Waals surface area contributed by atoms with E-state index in [1.807, 2.05) is 35.4 Å². The minimum atomic E-state index is 0.127. The molecule has 5 nitrogen and oxygen atoms in total. The lowest BCUT2D eigenvalue weighted by Gasteiger charge is -2.33. The second-order valence-electron chi connectivity index (χ2n) is 8.55. The maximum Gasteiger partial charge on any atom is 0.253 e. The van der Waals surface area contributed by atoms with Crippen LogP contribution >= 0.6 is 0 Å². The van der Waals surface area contributed by atoms with E-state index in [-0.39, 0.29) is 5.91 Å². The first kappa shape index (κ1) is 18.8. The fraction of sp³-hybridized carbons (Fsp3) is 0.478. The van der Waals surface area contributed by atoms with Gasteiger partial charge in [0.2, 0.25) is 0 Å². The zero-order chi connectivity index (χ0) is 19.8. The van der Waals surface area contributed by atoms with E-state index < -0.39 is 0 Å². The summed E-state index contributed by atoms with van der Waals surface area (Å²) in [6, 6.07) is 10.6. The molecule has 0 bridgehead atoms. The molecule has 1 saturated heterocycles. The molecule has 3 aromatic rings. The number of nitrogens with zero attached hydrogens (tertiary/aromatic N) is 3. The van der Waals surface area contributed by atoms with Crippen LogP contribution in [0.2, 0.25) is 0 Å². The Hall–Kier alpha value is -2.56. The molecule has 5 heteroatoms. The summed E-state index contributed by atoms with van der Waals surface area (Å²) in [5.41, 5.74) is 4.25. The van der Waals surface area contributed by atoms with E-state index in [9.17, 15) is 4.79 Å². The van der Waals surface area contributed by atoms with Crippen LogP contribution in [-0.2, 0) is 0 Å². The Morgan fingerprint density at radius 2 is 1.82 bits per heavy atom. The predicted molar refractivity (Wildman–Crippen MR) is 113 cm³/mol. The van der Waals surface area contributed by atoms with Gasteiger partial charge in [-0.3, -0.25) is 9.48 Å². The molecule has 148 valence electrons. The van der Waals surface area contributed by atoms with Gasteiger partial charge in [-0.1, -0.05) is 33.8 Å². The third kappa shape index (κ3) is 3.46. The third-order valence-corrected chi connectivity index (χ3v) is 5.87. The first-order chi connectivity index (χ1) is 13.4. The van der Waals surface area contributed by atoms with Gasteiger partial charge in [0, 0.05) is 36.1 Å². The summed E-state index contributed by atoms with van der Waals surface area (Å²) in [6.45, 7) is 10.4. The minimum Gasteiger partial charge on any atom is -0.361 e. The van der Waals surface area contributed by atoms with E-state index >= 15 is 0 Å². The van der Waals surface area contributed by atoms with Crippen molar-refractivity contribution in [3.63, 3.8) is 0 Å². The van der Waals surface area contributed by atoms with Crippen LogP contribution in [0.4, 0.5) is 0 Å².